The molecule has 5 rings (SSSR count). The zero-order valence-corrected chi connectivity index (χ0v) is 20.5. The van der Waals surface area contributed by atoms with Crippen molar-refractivity contribution in [2.45, 2.75) is 0 Å². The van der Waals surface area contributed by atoms with E-state index >= 15 is 0 Å². The molecule has 3 aromatic carbocycles. The van der Waals surface area contributed by atoms with Gasteiger partial charge in [0.25, 0.3) is 6.71 Å². The van der Waals surface area contributed by atoms with Gasteiger partial charge >= 0.3 is 0 Å². The molecule has 0 saturated carbocycles. The molecule has 0 atom stereocenters. The van der Waals surface area contributed by atoms with Gasteiger partial charge in [-0.3, -0.25) is 0 Å². The van der Waals surface area contributed by atoms with Gasteiger partial charge in [-0.15, -0.1) is 10.9 Å². The average molecular weight is 388 g/mol. The summed E-state index contributed by atoms with van der Waals surface area (Å²) in [6.45, 7) is 0.132. The first-order valence-corrected chi connectivity index (χ1v) is 11.3. The van der Waals surface area contributed by atoms with Crippen molar-refractivity contribution in [3.8, 4) is 23.0 Å². The lowest BCUT2D eigenvalue weighted by Gasteiger charge is -2.39. The summed E-state index contributed by atoms with van der Waals surface area (Å²) in [5.74, 6) is 4.01. The summed E-state index contributed by atoms with van der Waals surface area (Å²) in [6, 6.07) is 2.20. The molecule has 3 aromatic rings. The fourth-order valence-electron chi connectivity index (χ4n) is 5.58. The second-order valence-electron chi connectivity index (χ2n) is 9.68. The molecule has 138 valence electrons. The van der Waals surface area contributed by atoms with Gasteiger partial charge in [0, 0.05) is 5.46 Å². The SMILES string of the molecule is Bc1cc2c3c(c1B)Oc1c(B)c(B)c(B)c(B)c1B3c1c(B)c(B)c(B)c(B)c1O2. The summed E-state index contributed by atoms with van der Waals surface area (Å²) in [7, 11) is 22.2. The Morgan fingerprint density at radius 1 is 0.452 bits per heavy atom. The van der Waals surface area contributed by atoms with Crippen LogP contribution in [0.1, 0.15) is 0 Å². The summed E-state index contributed by atoms with van der Waals surface area (Å²) < 4.78 is 13.4. The number of fused-ring (bicyclic) bond motifs is 4. The van der Waals surface area contributed by atoms with Gasteiger partial charge < -0.3 is 9.47 Å². The third-order valence-electron chi connectivity index (χ3n) is 8.43. The van der Waals surface area contributed by atoms with E-state index in [9.17, 15) is 0 Å². The maximum absolute atomic E-state index is 6.74. The maximum Gasteiger partial charge on any atom is 0.259 e. The van der Waals surface area contributed by atoms with Crippen LogP contribution in [0.4, 0.5) is 0 Å². The first-order chi connectivity index (χ1) is 14.6. The second-order valence-corrected chi connectivity index (χ2v) is 9.68. The monoisotopic (exact) mass is 390 g/mol. The van der Waals surface area contributed by atoms with Crippen molar-refractivity contribution in [2.75, 3.05) is 0 Å². The molecule has 31 heavy (non-hydrogen) atoms. The third-order valence-corrected chi connectivity index (χ3v) is 8.43. The van der Waals surface area contributed by atoms with E-state index in [-0.39, 0.29) is 6.71 Å². The number of benzene rings is 3. The van der Waals surface area contributed by atoms with E-state index in [1.54, 1.807) is 0 Å². The van der Waals surface area contributed by atoms with Crippen molar-refractivity contribution >= 4 is 156 Å². The highest BCUT2D eigenvalue weighted by atomic mass is 16.5. The van der Waals surface area contributed by atoms with E-state index in [1.807, 2.05) is 0 Å². The number of rotatable bonds is 0. The van der Waals surface area contributed by atoms with Gasteiger partial charge in [-0.1, -0.05) is 43.7 Å². The highest BCUT2D eigenvalue weighted by Crippen LogP contribution is 2.29. The molecule has 0 radical (unpaired) electrons. The van der Waals surface area contributed by atoms with Crippen molar-refractivity contribution in [3.05, 3.63) is 6.07 Å². The van der Waals surface area contributed by atoms with Crippen LogP contribution in [0.15, 0.2) is 6.07 Å². The minimum atomic E-state index is 0.132. The van der Waals surface area contributed by atoms with Crippen molar-refractivity contribution in [2.24, 2.45) is 0 Å². The minimum Gasteiger partial charge on any atom is -0.460 e. The molecule has 13 heteroatoms. The molecule has 0 amide bonds. The fourth-order valence-corrected chi connectivity index (χ4v) is 5.58. The molecule has 0 fully saturated rings. The van der Waals surface area contributed by atoms with Crippen LogP contribution in [0.25, 0.3) is 0 Å². The first kappa shape index (κ1) is 20.9. The van der Waals surface area contributed by atoms with Crippen LogP contribution in [-0.2, 0) is 0 Å². The molecule has 0 aromatic heterocycles. The van der Waals surface area contributed by atoms with Crippen molar-refractivity contribution < 1.29 is 9.47 Å². The zero-order valence-electron chi connectivity index (χ0n) is 20.5. The molecule has 0 aliphatic carbocycles. The highest BCUT2D eigenvalue weighted by molar-refractivity contribution is 7.03. The Kier molecular flexibility index (Phi) is 4.53. The van der Waals surface area contributed by atoms with E-state index in [0.29, 0.717) is 0 Å². The quantitative estimate of drug-likeness (QED) is 0.246. The second kappa shape index (κ2) is 6.74. The molecule has 2 heterocycles. The smallest absolute Gasteiger partial charge is 0.259 e. The van der Waals surface area contributed by atoms with Gasteiger partial charge in [-0.2, -0.15) is 0 Å². The van der Waals surface area contributed by atoms with Gasteiger partial charge in [-0.05, 0) is 17.0 Å². The van der Waals surface area contributed by atoms with Gasteiger partial charge in [0.2, 0.25) is 0 Å². The standard InChI is InChI=1S/C18H21B11O2/c19-2-1-3-13-16(4(2)20)31-18-12(28)8(24)6(22)10(26)15(18)29(13)14-9(25)5(21)7(23)11(27)17(14)30-3/h1H,19-28H2. The summed E-state index contributed by atoms with van der Waals surface area (Å²) in [6.07, 6.45) is 0. The topological polar surface area (TPSA) is 18.5 Å². The van der Waals surface area contributed by atoms with E-state index in [4.69, 9.17) is 9.47 Å². The van der Waals surface area contributed by atoms with E-state index in [0.717, 1.165) is 23.0 Å². The van der Waals surface area contributed by atoms with Crippen LogP contribution in [0.2, 0.25) is 0 Å². The summed E-state index contributed by atoms with van der Waals surface area (Å²) in [5, 5.41) is 0. The summed E-state index contributed by atoms with van der Waals surface area (Å²) >= 11 is 0. The lowest BCUT2D eigenvalue weighted by atomic mass is 9.30. The van der Waals surface area contributed by atoms with Crippen molar-refractivity contribution in [1.29, 1.82) is 0 Å². The normalized spacial score (nSPS) is 13.0. The van der Waals surface area contributed by atoms with Crippen LogP contribution in [0.3, 0.4) is 0 Å². The van der Waals surface area contributed by atoms with E-state index < -0.39 is 0 Å². The van der Waals surface area contributed by atoms with Crippen LogP contribution < -0.4 is 80.5 Å². The average Bonchev–Trinajstić information content (AvgIpc) is 2.75. The predicted molar refractivity (Wildman–Crippen MR) is 166 cm³/mol. The Morgan fingerprint density at radius 3 is 1.39 bits per heavy atom. The molecular formula is C18H21B11O2. The van der Waals surface area contributed by atoms with E-state index in [1.165, 1.54) is 71.0 Å². The molecule has 0 spiro atoms. The van der Waals surface area contributed by atoms with Gasteiger partial charge in [0.15, 0.2) is 0 Å². The van der Waals surface area contributed by atoms with Crippen LogP contribution in [-0.4, -0.2) is 85.2 Å². The fraction of sp³-hybridized carbons (Fsp3) is 0. The summed E-state index contributed by atoms with van der Waals surface area (Å²) in [5.41, 5.74) is 16.8. The lowest BCUT2D eigenvalue weighted by Crippen LogP contribution is -2.72. The third kappa shape index (κ3) is 2.55. The Bertz CT molecular complexity index is 1330. The number of hydrogen-bond acceptors (Lipinski definition) is 2. The zero-order chi connectivity index (χ0) is 22.5. The summed E-state index contributed by atoms with van der Waals surface area (Å²) in [4.78, 5) is 0. The lowest BCUT2D eigenvalue weighted by molar-refractivity contribution is 0.472. The van der Waals surface area contributed by atoms with Crippen LogP contribution in [0, 0.1) is 0 Å². The van der Waals surface area contributed by atoms with Gasteiger partial charge in [0.05, 0.1) is 0 Å². The first-order valence-electron chi connectivity index (χ1n) is 11.3. The van der Waals surface area contributed by atoms with Gasteiger partial charge in [0.1, 0.15) is 101 Å². The minimum absolute atomic E-state index is 0.132. The van der Waals surface area contributed by atoms with Gasteiger partial charge in [-0.25, -0.2) is 0 Å². The number of hydrogen-bond donors (Lipinski definition) is 0. The van der Waals surface area contributed by atoms with E-state index in [2.05, 4.69) is 84.5 Å². The maximum atomic E-state index is 6.74. The molecule has 2 nitrogen and oxygen atoms in total. The molecule has 2 aliphatic heterocycles. The predicted octanol–water partition coefficient (Wildman–Crippen LogP) is -15.0. The largest absolute Gasteiger partial charge is 0.460 e. The molecule has 0 saturated heterocycles. The van der Waals surface area contributed by atoms with Crippen molar-refractivity contribution in [1.82, 2.24) is 0 Å². The Hall–Kier alpha value is -2.03. The molecule has 0 N–H and O–H groups in total. The van der Waals surface area contributed by atoms with Crippen molar-refractivity contribution in [3.63, 3.8) is 0 Å². The Balaban J connectivity index is 2.00. The molecule has 0 bridgehead atoms. The molecule has 2 aliphatic rings. The molecular weight excluding hydrogens is 367 g/mol. The number of ether oxygens (including phenoxy) is 2. The van der Waals surface area contributed by atoms with Crippen LogP contribution in [0.5, 0.6) is 23.0 Å². The van der Waals surface area contributed by atoms with Crippen LogP contribution >= 0.6 is 0 Å². The molecule has 0 unspecified atom stereocenters. The Labute approximate surface area is 194 Å². The highest BCUT2D eigenvalue weighted by Gasteiger charge is 2.44. The Morgan fingerprint density at radius 2 is 0.871 bits per heavy atom.